The van der Waals surface area contributed by atoms with Crippen LogP contribution in [0.3, 0.4) is 0 Å². The van der Waals surface area contributed by atoms with Crippen LogP contribution in [0.15, 0.2) is 65.5 Å². The van der Waals surface area contributed by atoms with E-state index in [0.29, 0.717) is 12.1 Å². The summed E-state index contributed by atoms with van der Waals surface area (Å²) in [7, 11) is 0. The van der Waals surface area contributed by atoms with Gasteiger partial charge in [-0.2, -0.15) is 26.3 Å². The number of benzene rings is 2. The molecular formula is C21H14F6N2O4. The fourth-order valence-electron chi connectivity index (χ4n) is 3.76. The molecule has 33 heavy (non-hydrogen) atoms. The van der Waals surface area contributed by atoms with E-state index in [1.165, 1.54) is 6.07 Å². The van der Waals surface area contributed by atoms with E-state index in [4.69, 9.17) is 0 Å². The van der Waals surface area contributed by atoms with Gasteiger partial charge in [-0.1, -0.05) is 36.4 Å². The Kier molecular flexibility index (Phi) is 5.96. The van der Waals surface area contributed by atoms with Crippen LogP contribution in [0.2, 0.25) is 0 Å². The molecule has 0 aliphatic carbocycles. The first-order chi connectivity index (χ1) is 15.2. The van der Waals surface area contributed by atoms with Gasteiger partial charge < -0.3 is 10.4 Å². The number of alkyl halides is 6. The van der Waals surface area contributed by atoms with Crippen molar-refractivity contribution in [2.75, 3.05) is 0 Å². The Bertz CT molecular complexity index is 1200. The van der Waals surface area contributed by atoms with Crippen LogP contribution in [0.25, 0.3) is 5.70 Å². The van der Waals surface area contributed by atoms with Crippen LogP contribution in [0.5, 0.6) is 0 Å². The zero-order valence-corrected chi connectivity index (χ0v) is 16.6. The third-order valence-electron chi connectivity index (χ3n) is 5.04. The van der Waals surface area contributed by atoms with E-state index in [1.54, 1.807) is 0 Å². The molecule has 1 atom stereocenters. The molecule has 0 radical (unpaired) electrons. The summed E-state index contributed by atoms with van der Waals surface area (Å²) in [5.41, 5.74) is -7.09. The molecule has 12 heteroatoms. The van der Waals surface area contributed by atoms with Crippen LogP contribution in [0.1, 0.15) is 35.1 Å². The van der Waals surface area contributed by atoms with E-state index < -0.39 is 68.4 Å². The summed E-state index contributed by atoms with van der Waals surface area (Å²) in [5, 5.41) is 24.0. The molecule has 0 bridgehead atoms. The predicted octanol–water partition coefficient (Wildman–Crippen LogP) is 5.42. The Labute approximate surface area is 182 Å². The van der Waals surface area contributed by atoms with E-state index in [9.17, 15) is 46.4 Å². The first kappa shape index (κ1) is 23.8. The van der Waals surface area contributed by atoms with Gasteiger partial charge in [0.1, 0.15) is 11.6 Å². The Hall–Kier alpha value is -3.83. The molecule has 2 N–H and O–H groups in total. The first-order valence-corrected chi connectivity index (χ1v) is 9.17. The Morgan fingerprint density at radius 3 is 2.00 bits per heavy atom. The van der Waals surface area contributed by atoms with Gasteiger partial charge in [-0.25, -0.2) is 4.79 Å². The maximum Gasteiger partial charge on any atom is 0.417 e. The van der Waals surface area contributed by atoms with Gasteiger partial charge >= 0.3 is 18.3 Å². The van der Waals surface area contributed by atoms with Crippen molar-refractivity contribution in [3.63, 3.8) is 0 Å². The van der Waals surface area contributed by atoms with Crippen LogP contribution in [0, 0.1) is 10.1 Å². The SMILES string of the molecule is CC1=C(C(=O)O)C(c2ccccc2C(F)(F)F)C([N+](=O)[O-])=C(c2ccccc2C(F)(F)F)N1. The highest BCUT2D eigenvalue weighted by Gasteiger charge is 2.47. The van der Waals surface area contributed by atoms with Crippen LogP contribution < -0.4 is 5.32 Å². The number of aliphatic carboxylic acids is 1. The average molecular weight is 472 g/mol. The van der Waals surface area contributed by atoms with E-state index in [-0.39, 0.29) is 5.70 Å². The standard InChI is InChI=1S/C21H14F6N2O4/c1-10-15(19(30)31)16(11-6-2-4-8-13(11)20(22,23)24)18(29(32)33)17(28-10)12-7-3-5-9-14(12)21(25,26)27/h2-9,16,28H,1H3,(H,30,31). The minimum atomic E-state index is -5.01. The summed E-state index contributed by atoms with van der Waals surface area (Å²) in [4.78, 5) is 22.8. The Balaban J connectivity index is 2.45. The third-order valence-corrected chi connectivity index (χ3v) is 5.04. The van der Waals surface area contributed by atoms with Gasteiger partial charge in [-0.15, -0.1) is 0 Å². The second-order valence-electron chi connectivity index (χ2n) is 7.05. The van der Waals surface area contributed by atoms with Gasteiger partial charge in [-0.05, 0) is 24.6 Å². The predicted molar refractivity (Wildman–Crippen MR) is 103 cm³/mol. The number of dihydropyridines is 1. The highest BCUT2D eigenvalue weighted by atomic mass is 19.4. The molecule has 0 saturated heterocycles. The molecule has 0 saturated carbocycles. The average Bonchev–Trinajstić information content (AvgIpc) is 2.71. The minimum Gasteiger partial charge on any atom is -0.478 e. The summed E-state index contributed by atoms with van der Waals surface area (Å²) in [6.07, 6.45) is -9.96. The number of carboxylic acid groups (broad SMARTS) is 1. The first-order valence-electron chi connectivity index (χ1n) is 9.17. The molecule has 1 aliphatic rings. The summed E-state index contributed by atoms with van der Waals surface area (Å²) in [6, 6.07) is 7.41. The number of nitrogens with zero attached hydrogens (tertiary/aromatic N) is 1. The number of carboxylic acids is 1. The quantitative estimate of drug-likeness (QED) is 0.353. The topological polar surface area (TPSA) is 92.5 Å². The van der Waals surface area contributed by atoms with Crippen molar-refractivity contribution in [2.45, 2.75) is 25.2 Å². The number of rotatable bonds is 4. The second kappa shape index (κ2) is 8.26. The number of allylic oxidation sites excluding steroid dienone is 2. The van der Waals surface area contributed by atoms with Gasteiger partial charge in [0.15, 0.2) is 0 Å². The van der Waals surface area contributed by atoms with Gasteiger partial charge in [0.2, 0.25) is 0 Å². The largest absolute Gasteiger partial charge is 0.478 e. The maximum absolute atomic E-state index is 13.7. The van der Waals surface area contributed by atoms with Crippen LogP contribution in [-0.2, 0) is 17.1 Å². The number of nitrogens with one attached hydrogen (secondary N) is 1. The van der Waals surface area contributed by atoms with Crippen molar-refractivity contribution in [2.24, 2.45) is 0 Å². The molecule has 0 aromatic heterocycles. The monoisotopic (exact) mass is 472 g/mol. The number of hydrogen-bond donors (Lipinski definition) is 2. The number of carbonyl (C=O) groups is 1. The second-order valence-corrected chi connectivity index (χ2v) is 7.05. The molecule has 3 rings (SSSR count). The highest BCUT2D eigenvalue weighted by molar-refractivity contribution is 5.93. The van der Waals surface area contributed by atoms with E-state index in [1.807, 2.05) is 0 Å². The lowest BCUT2D eigenvalue weighted by atomic mass is 9.80. The molecule has 1 aliphatic heterocycles. The van der Waals surface area contributed by atoms with Gasteiger partial charge in [-0.3, -0.25) is 10.1 Å². The van der Waals surface area contributed by atoms with Crippen molar-refractivity contribution >= 4 is 11.7 Å². The number of halogens is 6. The van der Waals surface area contributed by atoms with Gasteiger partial charge in [0.05, 0.1) is 21.6 Å². The van der Waals surface area contributed by atoms with Crippen molar-refractivity contribution < 1.29 is 41.2 Å². The van der Waals surface area contributed by atoms with Crippen molar-refractivity contribution in [3.05, 3.63) is 97.9 Å². The molecule has 1 unspecified atom stereocenters. The van der Waals surface area contributed by atoms with Crippen molar-refractivity contribution in [1.82, 2.24) is 5.32 Å². The lowest BCUT2D eigenvalue weighted by Crippen LogP contribution is -2.32. The minimum absolute atomic E-state index is 0.331. The number of hydrogen-bond acceptors (Lipinski definition) is 4. The Morgan fingerprint density at radius 2 is 1.48 bits per heavy atom. The summed E-state index contributed by atoms with van der Waals surface area (Å²) >= 11 is 0. The summed E-state index contributed by atoms with van der Waals surface area (Å²) < 4.78 is 81.8. The van der Waals surface area contributed by atoms with E-state index in [2.05, 4.69) is 5.32 Å². The number of nitro groups is 1. The molecule has 6 nitrogen and oxygen atoms in total. The summed E-state index contributed by atoms with van der Waals surface area (Å²) in [5.74, 6) is -3.86. The Morgan fingerprint density at radius 1 is 0.970 bits per heavy atom. The normalized spacial score (nSPS) is 17.1. The third kappa shape index (κ3) is 4.41. The lowest BCUT2D eigenvalue weighted by molar-refractivity contribution is -0.428. The molecule has 0 fully saturated rings. The maximum atomic E-state index is 13.7. The van der Waals surface area contributed by atoms with Gasteiger partial charge in [0.25, 0.3) is 5.70 Å². The zero-order chi connectivity index (χ0) is 24.7. The molecule has 2 aromatic rings. The van der Waals surface area contributed by atoms with E-state index >= 15 is 0 Å². The van der Waals surface area contributed by atoms with E-state index in [0.717, 1.165) is 37.3 Å². The molecule has 1 heterocycles. The lowest BCUT2D eigenvalue weighted by Gasteiger charge is -2.29. The van der Waals surface area contributed by atoms with Gasteiger partial charge in [0, 0.05) is 11.3 Å². The molecule has 2 aromatic carbocycles. The molecule has 0 spiro atoms. The van der Waals surface area contributed by atoms with Crippen LogP contribution >= 0.6 is 0 Å². The molecule has 174 valence electrons. The fraction of sp³-hybridized carbons (Fsp3) is 0.190. The van der Waals surface area contributed by atoms with Crippen LogP contribution in [-0.4, -0.2) is 16.0 Å². The molecular weight excluding hydrogens is 458 g/mol. The highest BCUT2D eigenvalue weighted by Crippen LogP contribution is 2.46. The zero-order valence-electron chi connectivity index (χ0n) is 16.6. The van der Waals surface area contributed by atoms with Crippen LogP contribution in [0.4, 0.5) is 26.3 Å². The molecule has 0 amide bonds. The van der Waals surface area contributed by atoms with Crippen molar-refractivity contribution in [1.29, 1.82) is 0 Å². The smallest absolute Gasteiger partial charge is 0.417 e. The fourth-order valence-corrected chi connectivity index (χ4v) is 3.76. The summed E-state index contributed by atoms with van der Waals surface area (Å²) in [6.45, 7) is 1.11. The van der Waals surface area contributed by atoms with Crippen molar-refractivity contribution in [3.8, 4) is 0 Å².